The summed E-state index contributed by atoms with van der Waals surface area (Å²) in [6, 6.07) is 3.82. The maximum absolute atomic E-state index is 13.6. The first-order valence-corrected chi connectivity index (χ1v) is 6.63. The van der Waals surface area contributed by atoms with E-state index in [9.17, 15) is 13.6 Å². The number of hydrogen-bond acceptors (Lipinski definition) is 3. The summed E-state index contributed by atoms with van der Waals surface area (Å²) < 4.78 is 27.1. The summed E-state index contributed by atoms with van der Waals surface area (Å²) in [6.07, 6.45) is 4.79. The van der Waals surface area contributed by atoms with Crippen molar-refractivity contribution in [2.24, 2.45) is 4.99 Å². The van der Waals surface area contributed by atoms with E-state index in [1.54, 1.807) is 6.08 Å². The van der Waals surface area contributed by atoms with Crippen molar-refractivity contribution in [2.75, 3.05) is 0 Å². The summed E-state index contributed by atoms with van der Waals surface area (Å²) in [5.41, 5.74) is 0.589. The molecule has 0 fully saturated rings. The van der Waals surface area contributed by atoms with E-state index >= 15 is 0 Å². The second-order valence-electron chi connectivity index (χ2n) is 4.26. The van der Waals surface area contributed by atoms with Gasteiger partial charge in [-0.05, 0) is 18.6 Å². The molecule has 0 aliphatic carbocycles. The zero-order chi connectivity index (χ0) is 13.4. The number of rotatable bonds is 2. The molecule has 2 nitrogen and oxygen atoms in total. The van der Waals surface area contributed by atoms with Crippen LogP contribution in [0.4, 0.5) is 8.78 Å². The molecular formula is C14H9F2NOS. The monoisotopic (exact) mass is 277 g/mol. The first-order chi connectivity index (χ1) is 9.15. The Hall–Kier alpha value is -1.75. The molecule has 2 aliphatic rings. The number of benzene rings is 1. The molecule has 0 N–H and O–H groups in total. The van der Waals surface area contributed by atoms with Gasteiger partial charge in [0, 0.05) is 23.1 Å². The number of allylic oxidation sites excluding steroid dienone is 1. The van der Waals surface area contributed by atoms with Gasteiger partial charge in [-0.3, -0.25) is 4.79 Å². The van der Waals surface area contributed by atoms with Crippen molar-refractivity contribution in [2.45, 2.75) is 11.7 Å². The Morgan fingerprint density at radius 1 is 1.26 bits per heavy atom. The van der Waals surface area contributed by atoms with Crippen LogP contribution in [0.25, 0.3) is 0 Å². The number of carbonyl (C=O) groups is 1. The zero-order valence-corrected chi connectivity index (χ0v) is 10.6. The number of aliphatic imine (C=N–C) groups is 1. The van der Waals surface area contributed by atoms with Gasteiger partial charge >= 0.3 is 0 Å². The number of carbonyl (C=O) groups excluding carboxylic acids is 1. The molecule has 0 radical (unpaired) electrons. The Morgan fingerprint density at radius 2 is 2.00 bits per heavy atom. The van der Waals surface area contributed by atoms with Crippen LogP contribution in [0, 0.1) is 11.6 Å². The van der Waals surface area contributed by atoms with Gasteiger partial charge in [0.05, 0.1) is 5.57 Å². The number of fused-ring (bicyclic) bond motifs is 1. The van der Waals surface area contributed by atoms with E-state index in [0.717, 1.165) is 0 Å². The second kappa shape index (κ2) is 4.74. The van der Waals surface area contributed by atoms with Crippen molar-refractivity contribution >= 4 is 22.6 Å². The highest BCUT2D eigenvalue weighted by Gasteiger charge is 2.29. The van der Waals surface area contributed by atoms with E-state index in [-0.39, 0.29) is 23.0 Å². The van der Waals surface area contributed by atoms with Crippen molar-refractivity contribution in [1.29, 1.82) is 0 Å². The minimum atomic E-state index is -0.555. The van der Waals surface area contributed by atoms with E-state index in [1.807, 2.05) is 0 Å². The lowest BCUT2D eigenvalue weighted by Gasteiger charge is -2.09. The summed E-state index contributed by atoms with van der Waals surface area (Å²) in [6.45, 7) is 0. The molecule has 2 heterocycles. The van der Waals surface area contributed by atoms with Gasteiger partial charge in [-0.15, -0.1) is 0 Å². The maximum Gasteiger partial charge on any atom is 0.189 e. The predicted molar refractivity (Wildman–Crippen MR) is 71.1 cm³/mol. The minimum Gasteiger partial charge on any atom is -0.289 e. The highest BCUT2D eigenvalue weighted by Crippen LogP contribution is 2.34. The quantitative estimate of drug-likeness (QED) is 0.831. The summed E-state index contributed by atoms with van der Waals surface area (Å²) in [7, 11) is 0. The van der Waals surface area contributed by atoms with Crippen LogP contribution in [0.1, 0.15) is 5.56 Å². The second-order valence-corrected chi connectivity index (χ2v) is 5.48. The summed E-state index contributed by atoms with van der Waals surface area (Å²) in [5.74, 6) is -1.21. The first-order valence-electron chi connectivity index (χ1n) is 5.75. The topological polar surface area (TPSA) is 29.4 Å². The molecule has 1 aromatic rings. The van der Waals surface area contributed by atoms with Crippen LogP contribution in [0.15, 0.2) is 47.1 Å². The maximum atomic E-state index is 13.6. The molecule has 19 heavy (non-hydrogen) atoms. The van der Waals surface area contributed by atoms with E-state index in [1.165, 1.54) is 42.2 Å². The van der Waals surface area contributed by atoms with Crippen LogP contribution < -0.4 is 0 Å². The number of halogens is 2. The van der Waals surface area contributed by atoms with Crippen molar-refractivity contribution in [1.82, 2.24) is 0 Å². The van der Waals surface area contributed by atoms with Crippen molar-refractivity contribution < 1.29 is 13.6 Å². The van der Waals surface area contributed by atoms with E-state index < -0.39 is 11.6 Å². The van der Waals surface area contributed by atoms with Crippen molar-refractivity contribution in [3.05, 3.63) is 59.3 Å². The van der Waals surface area contributed by atoms with Gasteiger partial charge in [0.15, 0.2) is 5.78 Å². The molecule has 96 valence electrons. The minimum absolute atomic E-state index is 0.0523. The number of ketones is 1. The Bertz CT molecular complexity index is 629. The third-order valence-corrected chi connectivity index (χ3v) is 4.15. The fourth-order valence-electron chi connectivity index (χ4n) is 2.08. The third-order valence-electron chi connectivity index (χ3n) is 3.00. The molecule has 1 unspecified atom stereocenters. The van der Waals surface area contributed by atoms with Crippen LogP contribution in [-0.2, 0) is 11.2 Å². The van der Waals surface area contributed by atoms with Crippen molar-refractivity contribution in [3.63, 3.8) is 0 Å². The van der Waals surface area contributed by atoms with E-state index in [0.29, 0.717) is 10.6 Å². The predicted octanol–water partition coefficient (Wildman–Crippen LogP) is 3.04. The molecule has 5 heteroatoms. The SMILES string of the molecule is O=C1C=CN=C2SC(Cc3c(F)cccc3F)C=C12. The number of hydrogen-bond donors (Lipinski definition) is 0. The molecule has 1 aromatic carbocycles. The average molecular weight is 277 g/mol. The van der Waals surface area contributed by atoms with Crippen molar-refractivity contribution in [3.8, 4) is 0 Å². The lowest BCUT2D eigenvalue weighted by Crippen LogP contribution is -2.07. The number of nitrogens with zero attached hydrogens (tertiary/aromatic N) is 1. The van der Waals surface area contributed by atoms with Crippen LogP contribution in [0.2, 0.25) is 0 Å². The Balaban J connectivity index is 1.86. The fourth-order valence-corrected chi connectivity index (χ4v) is 3.24. The third kappa shape index (κ3) is 2.26. The van der Waals surface area contributed by atoms with Gasteiger partial charge in [0.1, 0.15) is 16.7 Å². The van der Waals surface area contributed by atoms with Gasteiger partial charge in [-0.25, -0.2) is 13.8 Å². The summed E-state index contributed by atoms with van der Waals surface area (Å²) in [4.78, 5) is 15.7. The zero-order valence-electron chi connectivity index (χ0n) is 9.77. The van der Waals surface area contributed by atoms with Gasteiger partial charge in [0.25, 0.3) is 0 Å². The molecule has 0 bridgehead atoms. The largest absolute Gasteiger partial charge is 0.289 e. The molecule has 3 rings (SSSR count). The molecular weight excluding hydrogens is 268 g/mol. The Morgan fingerprint density at radius 3 is 2.68 bits per heavy atom. The molecule has 0 spiro atoms. The molecule has 0 saturated carbocycles. The Labute approximate surface area is 112 Å². The van der Waals surface area contributed by atoms with Crippen LogP contribution in [-0.4, -0.2) is 16.1 Å². The molecule has 1 atom stereocenters. The van der Waals surface area contributed by atoms with Gasteiger partial charge in [-0.2, -0.15) is 0 Å². The molecule has 0 amide bonds. The summed E-state index contributed by atoms with van der Waals surface area (Å²) in [5, 5.41) is 0.471. The smallest absolute Gasteiger partial charge is 0.189 e. The first kappa shape index (κ1) is 12.3. The Kier molecular flexibility index (Phi) is 3.06. The summed E-state index contributed by atoms with van der Waals surface area (Å²) >= 11 is 1.36. The molecule has 2 aliphatic heterocycles. The highest BCUT2D eigenvalue weighted by atomic mass is 32.2. The van der Waals surface area contributed by atoms with Crippen LogP contribution in [0.3, 0.4) is 0 Å². The van der Waals surface area contributed by atoms with Gasteiger partial charge in [-0.1, -0.05) is 23.9 Å². The van der Waals surface area contributed by atoms with Crippen LogP contribution >= 0.6 is 11.8 Å². The molecule has 0 saturated heterocycles. The highest BCUT2D eigenvalue weighted by molar-refractivity contribution is 8.15. The fraction of sp³-hybridized carbons (Fsp3) is 0.143. The number of thioether (sulfide) groups is 1. The lowest BCUT2D eigenvalue weighted by molar-refractivity contribution is -0.110. The van der Waals surface area contributed by atoms with Crippen LogP contribution in [0.5, 0.6) is 0 Å². The standard InChI is InChI=1S/C14H9F2NOS/c15-11-2-1-3-12(16)9(11)6-8-7-10-13(18)4-5-17-14(10)19-8/h1-5,7-8H,6H2. The molecule has 0 aromatic heterocycles. The van der Waals surface area contributed by atoms with E-state index in [2.05, 4.69) is 4.99 Å². The van der Waals surface area contributed by atoms with Gasteiger partial charge < -0.3 is 0 Å². The van der Waals surface area contributed by atoms with E-state index in [4.69, 9.17) is 0 Å². The van der Waals surface area contributed by atoms with Gasteiger partial charge in [0.2, 0.25) is 0 Å². The lowest BCUT2D eigenvalue weighted by atomic mass is 10.0. The normalized spacial score (nSPS) is 21.2. The average Bonchev–Trinajstić information content (AvgIpc) is 2.78.